The van der Waals surface area contributed by atoms with Crippen LogP contribution >= 0.6 is 23.2 Å². The molecule has 6 rings (SSSR count). The SMILES string of the molecule is NC(=O)CC12CCC(COCc3c(-c4c(Cl)cccc4Cl)noc3C3CC3)(CC1)CC2. The molecule has 0 unspecified atom stereocenters. The Kier molecular flexibility index (Phi) is 5.56. The molecule has 4 aliphatic rings. The molecule has 0 aliphatic heterocycles. The van der Waals surface area contributed by atoms with Gasteiger partial charge in [0.25, 0.3) is 0 Å². The zero-order valence-corrected chi connectivity index (χ0v) is 19.1. The second kappa shape index (κ2) is 8.09. The minimum Gasteiger partial charge on any atom is -0.376 e. The fraction of sp³-hybridized carbons (Fsp3) is 0.583. The Bertz CT molecular complexity index is 954. The molecule has 0 atom stereocenters. The molecule has 4 fully saturated rings. The van der Waals surface area contributed by atoms with Crippen molar-refractivity contribution in [3.8, 4) is 11.3 Å². The maximum absolute atomic E-state index is 11.5. The Labute approximate surface area is 192 Å². The number of primary amides is 1. The quantitative estimate of drug-likeness (QED) is 0.501. The van der Waals surface area contributed by atoms with Gasteiger partial charge in [0.2, 0.25) is 5.91 Å². The van der Waals surface area contributed by atoms with Crippen molar-refractivity contribution in [2.45, 2.75) is 70.3 Å². The normalized spacial score (nSPS) is 27.5. The summed E-state index contributed by atoms with van der Waals surface area (Å²) in [6.07, 6.45) is 9.26. The minimum atomic E-state index is -0.170. The molecular formula is C24H28Cl2N2O3. The van der Waals surface area contributed by atoms with Crippen molar-refractivity contribution in [2.75, 3.05) is 6.61 Å². The molecule has 5 nitrogen and oxygen atoms in total. The zero-order chi connectivity index (χ0) is 21.6. The highest BCUT2D eigenvalue weighted by Crippen LogP contribution is 2.58. The summed E-state index contributed by atoms with van der Waals surface area (Å²) in [7, 11) is 0. The summed E-state index contributed by atoms with van der Waals surface area (Å²) >= 11 is 12.9. The van der Waals surface area contributed by atoms with E-state index >= 15 is 0 Å². The number of aromatic nitrogens is 1. The van der Waals surface area contributed by atoms with Crippen LogP contribution in [0.1, 0.15) is 75.0 Å². The van der Waals surface area contributed by atoms with Crippen molar-refractivity contribution in [1.82, 2.24) is 5.16 Å². The summed E-state index contributed by atoms with van der Waals surface area (Å²) in [4.78, 5) is 11.5. The van der Waals surface area contributed by atoms with Gasteiger partial charge >= 0.3 is 0 Å². The monoisotopic (exact) mass is 462 g/mol. The lowest BCUT2D eigenvalue weighted by atomic mass is 9.53. The number of amides is 1. The Hall–Kier alpha value is -1.56. The first-order valence-electron chi connectivity index (χ1n) is 11.2. The van der Waals surface area contributed by atoms with Gasteiger partial charge in [0.15, 0.2) is 0 Å². The molecule has 7 heteroatoms. The number of nitrogens with zero attached hydrogens (tertiary/aromatic N) is 1. The average molecular weight is 463 g/mol. The molecular weight excluding hydrogens is 435 g/mol. The molecule has 1 heterocycles. The third-order valence-electron chi connectivity index (χ3n) is 7.73. The number of rotatable bonds is 8. The van der Waals surface area contributed by atoms with Crippen LogP contribution in [0.3, 0.4) is 0 Å². The van der Waals surface area contributed by atoms with Gasteiger partial charge in [-0.2, -0.15) is 0 Å². The van der Waals surface area contributed by atoms with Gasteiger partial charge in [-0.25, -0.2) is 0 Å². The van der Waals surface area contributed by atoms with Gasteiger partial charge < -0.3 is 15.0 Å². The van der Waals surface area contributed by atoms with E-state index in [0.717, 1.165) is 62.7 Å². The van der Waals surface area contributed by atoms with Gasteiger partial charge in [-0.15, -0.1) is 0 Å². The van der Waals surface area contributed by atoms with E-state index in [2.05, 4.69) is 5.16 Å². The first-order chi connectivity index (χ1) is 14.9. The Morgan fingerprint density at radius 1 is 1.10 bits per heavy atom. The Balaban J connectivity index is 1.31. The predicted molar refractivity (Wildman–Crippen MR) is 120 cm³/mol. The molecule has 1 aromatic heterocycles. The van der Waals surface area contributed by atoms with Crippen molar-refractivity contribution in [2.24, 2.45) is 16.6 Å². The van der Waals surface area contributed by atoms with E-state index in [0.29, 0.717) is 46.9 Å². The third kappa shape index (κ3) is 4.12. The first kappa shape index (κ1) is 21.3. The van der Waals surface area contributed by atoms with Crippen molar-refractivity contribution in [3.05, 3.63) is 39.6 Å². The summed E-state index contributed by atoms with van der Waals surface area (Å²) in [6.45, 7) is 1.16. The van der Waals surface area contributed by atoms with E-state index in [1.54, 1.807) is 0 Å². The molecule has 4 aliphatic carbocycles. The van der Waals surface area contributed by atoms with E-state index in [4.69, 9.17) is 38.2 Å². The largest absolute Gasteiger partial charge is 0.376 e. The molecule has 31 heavy (non-hydrogen) atoms. The molecule has 2 N–H and O–H groups in total. The zero-order valence-electron chi connectivity index (χ0n) is 17.6. The summed E-state index contributed by atoms with van der Waals surface area (Å²) in [5.41, 5.74) is 8.22. The number of hydrogen-bond donors (Lipinski definition) is 1. The van der Waals surface area contributed by atoms with Crippen LogP contribution in [0.15, 0.2) is 22.7 Å². The first-order valence-corrected chi connectivity index (χ1v) is 11.9. The van der Waals surface area contributed by atoms with Crippen LogP contribution < -0.4 is 5.73 Å². The highest BCUT2D eigenvalue weighted by atomic mass is 35.5. The Morgan fingerprint density at radius 3 is 2.29 bits per heavy atom. The fourth-order valence-corrected chi connectivity index (χ4v) is 6.19. The molecule has 4 saturated carbocycles. The van der Waals surface area contributed by atoms with Crippen LogP contribution in [0.4, 0.5) is 0 Å². The lowest BCUT2D eigenvalue weighted by Crippen LogP contribution is -2.45. The van der Waals surface area contributed by atoms with Gasteiger partial charge in [-0.1, -0.05) is 34.4 Å². The number of nitrogens with two attached hydrogens (primary N) is 1. The molecule has 0 radical (unpaired) electrons. The average Bonchev–Trinajstić information content (AvgIpc) is 3.50. The lowest BCUT2D eigenvalue weighted by molar-refractivity contribution is -0.125. The number of ether oxygens (including phenoxy) is 1. The van der Waals surface area contributed by atoms with E-state index in [1.165, 1.54) is 0 Å². The number of fused-ring (bicyclic) bond motifs is 3. The number of carbonyl (C=O) groups excluding carboxylic acids is 1. The molecule has 1 aromatic carbocycles. The minimum absolute atomic E-state index is 0.134. The van der Waals surface area contributed by atoms with Crippen LogP contribution in [0.25, 0.3) is 11.3 Å². The topological polar surface area (TPSA) is 78.4 Å². The smallest absolute Gasteiger partial charge is 0.217 e. The van der Waals surface area contributed by atoms with Crippen LogP contribution in [0.5, 0.6) is 0 Å². The summed E-state index contributed by atoms with van der Waals surface area (Å²) in [5.74, 6) is 1.16. The van der Waals surface area contributed by atoms with Gasteiger partial charge in [0.05, 0.1) is 23.3 Å². The van der Waals surface area contributed by atoms with Gasteiger partial charge in [0.1, 0.15) is 11.5 Å². The van der Waals surface area contributed by atoms with Crippen LogP contribution in [-0.2, 0) is 16.1 Å². The van der Waals surface area contributed by atoms with E-state index in [1.807, 2.05) is 18.2 Å². The number of benzene rings is 1. The van der Waals surface area contributed by atoms with Crippen LogP contribution in [0.2, 0.25) is 10.0 Å². The second-order valence-electron chi connectivity index (χ2n) is 9.88. The number of halogens is 2. The lowest BCUT2D eigenvalue weighted by Gasteiger charge is -2.53. The van der Waals surface area contributed by atoms with Crippen LogP contribution in [-0.4, -0.2) is 17.7 Å². The standard InChI is InChI=1S/C24H28Cl2N2O3/c25-17-2-1-3-18(26)20(17)21-16(22(31-28-21)15-4-5-15)13-30-14-24-9-6-23(7-10-24,8-11-24)12-19(27)29/h1-3,15H,4-14H2,(H2,27,29). The summed E-state index contributed by atoms with van der Waals surface area (Å²) in [5, 5.41) is 5.48. The maximum Gasteiger partial charge on any atom is 0.217 e. The third-order valence-corrected chi connectivity index (χ3v) is 8.36. The molecule has 166 valence electrons. The Morgan fingerprint density at radius 2 is 1.71 bits per heavy atom. The van der Waals surface area contributed by atoms with Crippen molar-refractivity contribution in [3.63, 3.8) is 0 Å². The number of hydrogen-bond acceptors (Lipinski definition) is 4. The fourth-order valence-electron chi connectivity index (χ4n) is 5.61. The molecule has 2 bridgehead atoms. The number of carbonyl (C=O) groups is 1. The molecule has 2 aromatic rings. The summed E-state index contributed by atoms with van der Waals surface area (Å²) in [6, 6.07) is 5.47. The molecule has 0 saturated heterocycles. The van der Waals surface area contributed by atoms with Crippen molar-refractivity contribution < 1.29 is 14.1 Å². The van der Waals surface area contributed by atoms with E-state index in [9.17, 15) is 4.79 Å². The highest BCUT2D eigenvalue weighted by molar-refractivity contribution is 6.39. The highest BCUT2D eigenvalue weighted by Gasteiger charge is 2.49. The van der Waals surface area contributed by atoms with Crippen molar-refractivity contribution >= 4 is 29.1 Å². The van der Waals surface area contributed by atoms with Crippen molar-refractivity contribution in [1.29, 1.82) is 0 Å². The van der Waals surface area contributed by atoms with E-state index < -0.39 is 0 Å². The predicted octanol–water partition coefficient (Wildman–Crippen LogP) is 6.26. The van der Waals surface area contributed by atoms with Gasteiger partial charge in [0, 0.05) is 23.5 Å². The second-order valence-corrected chi connectivity index (χ2v) is 10.7. The maximum atomic E-state index is 11.5. The van der Waals surface area contributed by atoms with Gasteiger partial charge in [-0.05, 0) is 74.3 Å². The van der Waals surface area contributed by atoms with Gasteiger partial charge in [-0.3, -0.25) is 4.79 Å². The summed E-state index contributed by atoms with van der Waals surface area (Å²) < 4.78 is 12.1. The molecule has 1 amide bonds. The molecule has 0 spiro atoms. The van der Waals surface area contributed by atoms with E-state index in [-0.39, 0.29) is 16.7 Å². The van der Waals surface area contributed by atoms with Crippen LogP contribution in [0, 0.1) is 10.8 Å².